The summed E-state index contributed by atoms with van der Waals surface area (Å²) in [6, 6.07) is 11.8. The number of aryl methyl sites for hydroxylation is 1. The monoisotopic (exact) mass is 370 g/mol. The van der Waals surface area contributed by atoms with Crippen LogP contribution in [0.15, 0.2) is 53.5 Å². The van der Waals surface area contributed by atoms with Gasteiger partial charge in [0.25, 0.3) is 11.5 Å². The van der Waals surface area contributed by atoms with E-state index in [1.807, 2.05) is 13.0 Å². The van der Waals surface area contributed by atoms with E-state index in [4.69, 9.17) is 11.6 Å². The number of aliphatic hydroxyl groups excluding tert-OH is 1. The molecule has 2 aromatic carbocycles. The molecule has 0 aliphatic rings. The van der Waals surface area contributed by atoms with E-state index < -0.39 is 0 Å². The Morgan fingerprint density at radius 1 is 1.23 bits per heavy atom. The van der Waals surface area contributed by atoms with Gasteiger partial charge in [0.2, 0.25) is 0 Å². The van der Waals surface area contributed by atoms with E-state index >= 15 is 0 Å². The molecule has 1 heterocycles. The fourth-order valence-corrected chi connectivity index (χ4v) is 3.04. The van der Waals surface area contributed by atoms with Crippen LogP contribution in [-0.2, 0) is 0 Å². The van der Waals surface area contributed by atoms with Crippen LogP contribution in [0.25, 0.3) is 10.8 Å². The standard InChI is InChI=1S/C20H19ClN2O3/c1-12-6-7-17(21)16(10-12)19(25)22-18-5-3-4-15-14(18)8-9-23(20(15)26)13(2)11-24/h3-10,13,24H,11H2,1-2H3,(H,22,25). The molecule has 6 heteroatoms. The van der Waals surface area contributed by atoms with E-state index in [1.165, 1.54) is 4.57 Å². The maximum absolute atomic E-state index is 12.7. The lowest BCUT2D eigenvalue weighted by molar-refractivity contribution is 0.102. The second-order valence-electron chi connectivity index (χ2n) is 6.26. The molecule has 1 amide bonds. The van der Waals surface area contributed by atoms with Gasteiger partial charge in [0.1, 0.15) is 0 Å². The van der Waals surface area contributed by atoms with Gasteiger partial charge in [-0.25, -0.2) is 0 Å². The zero-order chi connectivity index (χ0) is 18.8. The van der Waals surface area contributed by atoms with Gasteiger partial charge >= 0.3 is 0 Å². The molecule has 0 saturated carbocycles. The fourth-order valence-electron chi connectivity index (χ4n) is 2.84. The van der Waals surface area contributed by atoms with Gasteiger partial charge in [-0.3, -0.25) is 9.59 Å². The lowest BCUT2D eigenvalue weighted by atomic mass is 10.1. The van der Waals surface area contributed by atoms with Crippen molar-refractivity contribution in [3.05, 3.63) is 75.2 Å². The number of hydrogen-bond donors (Lipinski definition) is 2. The maximum Gasteiger partial charge on any atom is 0.258 e. The Morgan fingerprint density at radius 3 is 2.73 bits per heavy atom. The molecular weight excluding hydrogens is 352 g/mol. The number of aromatic nitrogens is 1. The van der Waals surface area contributed by atoms with E-state index in [9.17, 15) is 14.7 Å². The summed E-state index contributed by atoms with van der Waals surface area (Å²) in [5, 5.41) is 13.6. The number of pyridine rings is 1. The molecule has 1 unspecified atom stereocenters. The quantitative estimate of drug-likeness (QED) is 0.734. The second kappa shape index (κ2) is 7.32. The predicted molar refractivity (Wildman–Crippen MR) is 104 cm³/mol. The average Bonchev–Trinajstić information content (AvgIpc) is 2.64. The first-order valence-electron chi connectivity index (χ1n) is 8.24. The molecule has 134 valence electrons. The van der Waals surface area contributed by atoms with Gasteiger partial charge in [-0.1, -0.05) is 29.3 Å². The van der Waals surface area contributed by atoms with E-state index in [2.05, 4.69) is 5.32 Å². The predicted octanol–water partition coefficient (Wildman–Crippen LogP) is 3.77. The van der Waals surface area contributed by atoms with Gasteiger partial charge in [-0.05, 0) is 44.2 Å². The highest BCUT2D eigenvalue weighted by Crippen LogP contribution is 2.24. The van der Waals surface area contributed by atoms with E-state index in [0.717, 1.165) is 5.56 Å². The van der Waals surface area contributed by atoms with Crippen molar-refractivity contribution in [1.29, 1.82) is 0 Å². The third kappa shape index (κ3) is 3.36. The molecule has 1 atom stereocenters. The lowest BCUT2D eigenvalue weighted by Gasteiger charge is -2.15. The summed E-state index contributed by atoms with van der Waals surface area (Å²) in [5.41, 5.74) is 1.63. The summed E-state index contributed by atoms with van der Waals surface area (Å²) < 4.78 is 1.48. The molecule has 5 nitrogen and oxygen atoms in total. The van der Waals surface area contributed by atoms with Crippen LogP contribution in [0.2, 0.25) is 5.02 Å². The number of fused-ring (bicyclic) bond motifs is 1. The summed E-state index contributed by atoms with van der Waals surface area (Å²) in [6.45, 7) is 3.52. The van der Waals surface area contributed by atoms with Crippen LogP contribution < -0.4 is 10.9 Å². The molecule has 0 bridgehead atoms. The molecule has 0 saturated heterocycles. The lowest BCUT2D eigenvalue weighted by Crippen LogP contribution is -2.25. The van der Waals surface area contributed by atoms with Crippen LogP contribution in [0.3, 0.4) is 0 Å². The number of carbonyl (C=O) groups is 1. The van der Waals surface area contributed by atoms with E-state index in [0.29, 0.717) is 27.0 Å². The van der Waals surface area contributed by atoms with Crippen molar-refractivity contribution in [3.8, 4) is 0 Å². The van der Waals surface area contributed by atoms with Gasteiger partial charge < -0.3 is 15.0 Å². The first-order chi connectivity index (χ1) is 12.4. The topological polar surface area (TPSA) is 71.3 Å². The number of amides is 1. The van der Waals surface area contributed by atoms with Crippen LogP contribution in [0, 0.1) is 6.92 Å². The third-order valence-electron chi connectivity index (χ3n) is 4.33. The first kappa shape index (κ1) is 18.2. The minimum absolute atomic E-state index is 0.131. The molecule has 2 N–H and O–H groups in total. The molecule has 1 aromatic heterocycles. The smallest absolute Gasteiger partial charge is 0.258 e. The average molecular weight is 371 g/mol. The summed E-state index contributed by atoms with van der Waals surface area (Å²) in [5.74, 6) is -0.334. The molecule has 0 radical (unpaired) electrons. The number of benzene rings is 2. The number of rotatable bonds is 4. The van der Waals surface area contributed by atoms with Gasteiger partial charge in [-0.15, -0.1) is 0 Å². The number of carbonyl (C=O) groups excluding carboxylic acids is 1. The molecule has 0 aliphatic carbocycles. The van der Waals surface area contributed by atoms with Gasteiger partial charge in [0.05, 0.1) is 23.2 Å². The SMILES string of the molecule is Cc1ccc(Cl)c(C(=O)Nc2cccc3c(=O)n(C(C)CO)ccc23)c1. The molecule has 0 fully saturated rings. The Balaban J connectivity index is 2.03. The van der Waals surface area contributed by atoms with Crippen LogP contribution in [0.5, 0.6) is 0 Å². The van der Waals surface area contributed by atoms with Crippen LogP contribution in [0.1, 0.15) is 28.9 Å². The Kier molecular flexibility index (Phi) is 5.11. The van der Waals surface area contributed by atoms with Crippen molar-refractivity contribution < 1.29 is 9.90 Å². The third-order valence-corrected chi connectivity index (χ3v) is 4.66. The molecule has 3 rings (SSSR count). The largest absolute Gasteiger partial charge is 0.394 e. The molecule has 0 spiro atoms. The second-order valence-corrected chi connectivity index (χ2v) is 6.67. The zero-order valence-corrected chi connectivity index (χ0v) is 15.2. The highest BCUT2D eigenvalue weighted by atomic mass is 35.5. The zero-order valence-electron chi connectivity index (χ0n) is 14.5. The van der Waals surface area contributed by atoms with Crippen molar-refractivity contribution in [2.45, 2.75) is 19.9 Å². The maximum atomic E-state index is 12.7. The van der Waals surface area contributed by atoms with Crippen LogP contribution in [0.4, 0.5) is 5.69 Å². The van der Waals surface area contributed by atoms with Crippen molar-refractivity contribution >= 4 is 34.0 Å². The van der Waals surface area contributed by atoms with E-state index in [-0.39, 0.29) is 24.1 Å². The van der Waals surface area contributed by atoms with Crippen molar-refractivity contribution in [1.82, 2.24) is 4.57 Å². The van der Waals surface area contributed by atoms with Crippen LogP contribution >= 0.6 is 11.6 Å². The highest BCUT2D eigenvalue weighted by molar-refractivity contribution is 6.34. The highest BCUT2D eigenvalue weighted by Gasteiger charge is 2.14. The summed E-state index contributed by atoms with van der Waals surface area (Å²) in [6.07, 6.45) is 1.63. The first-order valence-corrected chi connectivity index (χ1v) is 8.62. The molecule has 26 heavy (non-hydrogen) atoms. The number of halogens is 1. The Hall–Kier alpha value is -2.63. The number of hydrogen-bond acceptors (Lipinski definition) is 3. The number of nitrogens with zero attached hydrogens (tertiary/aromatic N) is 1. The minimum atomic E-state index is -0.334. The van der Waals surface area contributed by atoms with E-state index in [1.54, 1.807) is 49.5 Å². The molecule has 3 aromatic rings. The molecule has 0 aliphatic heterocycles. The summed E-state index contributed by atoms with van der Waals surface area (Å²) in [7, 11) is 0. The van der Waals surface area contributed by atoms with Gasteiger partial charge in [0.15, 0.2) is 0 Å². The summed E-state index contributed by atoms with van der Waals surface area (Å²) in [4.78, 5) is 25.3. The van der Waals surface area contributed by atoms with Crippen molar-refractivity contribution in [3.63, 3.8) is 0 Å². The Bertz CT molecular complexity index is 1040. The van der Waals surface area contributed by atoms with Crippen LogP contribution in [-0.4, -0.2) is 22.2 Å². The minimum Gasteiger partial charge on any atom is -0.394 e. The van der Waals surface area contributed by atoms with Crippen molar-refractivity contribution in [2.75, 3.05) is 11.9 Å². The number of nitrogens with one attached hydrogen (secondary N) is 1. The van der Waals surface area contributed by atoms with Crippen molar-refractivity contribution in [2.24, 2.45) is 0 Å². The number of anilines is 1. The molecular formula is C20H19ClN2O3. The Morgan fingerprint density at radius 2 is 2.00 bits per heavy atom. The Labute approximate surface area is 155 Å². The fraction of sp³-hybridized carbons (Fsp3) is 0.200. The van der Waals surface area contributed by atoms with Gasteiger partial charge in [0, 0.05) is 22.7 Å². The van der Waals surface area contributed by atoms with Gasteiger partial charge in [-0.2, -0.15) is 0 Å². The normalized spacial score (nSPS) is 12.2. The number of aliphatic hydroxyl groups is 1. The summed E-state index contributed by atoms with van der Waals surface area (Å²) >= 11 is 6.13.